The van der Waals surface area contributed by atoms with Crippen LogP contribution in [0.1, 0.15) is 57.2 Å². The second-order valence-electron chi connectivity index (χ2n) is 13.1. The van der Waals surface area contributed by atoms with Crippen molar-refractivity contribution in [2.75, 3.05) is 0 Å². The molecule has 0 unspecified atom stereocenters. The minimum Gasteiger partial charge on any atom is -0.318 e. The third-order valence-electron chi connectivity index (χ3n) is 9.18. The van der Waals surface area contributed by atoms with E-state index in [1.165, 1.54) is 30.3 Å². The molecule has 0 atom stereocenters. The molecule has 0 aliphatic carbocycles. The van der Waals surface area contributed by atoms with E-state index in [4.69, 9.17) is 9.68 Å². The molecule has 0 bridgehead atoms. The Morgan fingerprint density at radius 2 is 1.00 bits per heavy atom. The quantitative estimate of drug-likeness (QED) is 0.0299. The van der Waals surface area contributed by atoms with Gasteiger partial charge in [-0.05, 0) is 46.9 Å². The van der Waals surface area contributed by atoms with Crippen LogP contribution in [-0.2, 0) is 25.7 Å². The number of non-ortho nitro benzene ring substituents is 1. The summed E-state index contributed by atoms with van der Waals surface area (Å²) in [4.78, 5) is 84.1. The highest BCUT2D eigenvalue weighted by Crippen LogP contribution is 2.32. The van der Waals surface area contributed by atoms with Gasteiger partial charge in [-0.2, -0.15) is 0 Å². The van der Waals surface area contributed by atoms with E-state index in [1.807, 2.05) is 0 Å². The zero-order valence-electron chi connectivity index (χ0n) is 31.9. The van der Waals surface area contributed by atoms with Crippen LogP contribution in [0, 0.1) is 20.2 Å². The van der Waals surface area contributed by atoms with E-state index in [0.717, 1.165) is 5.56 Å². The summed E-state index contributed by atoms with van der Waals surface area (Å²) in [5, 5.41) is 31.0. The first-order valence-corrected chi connectivity index (χ1v) is 18.5. The van der Waals surface area contributed by atoms with Crippen LogP contribution in [-0.4, -0.2) is 44.8 Å². The Balaban J connectivity index is 1.14. The summed E-state index contributed by atoms with van der Waals surface area (Å²) in [6.45, 7) is 1.60. The molecule has 6 rings (SSSR count). The third-order valence-corrected chi connectivity index (χ3v) is 9.18. The first-order valence-electron chi connectivity index (χ1n) is 18.5. The molecule has 0 radical (unpaired) electrons. The molecule has 0 aliphatic heterocycles. The third kappa shape index (κ3) is 10.2. The van der Waals surface area contributed by atoms with E-state index in [9.17, 15) is 39.4 Å². The molecule has 60 heavy (non-hydrogen) atoms. The maximum Gasteiger partial charge on any atom is 0.335 e. The number of rotatable bonds is 16. The lowest BCUT2D eigenvalue weighted by Gasteiger charge is -2.09. The van der Waals surface area contributed by atoms with Crippen molar-refractivity contribution in [1.29, 1.82) is 0 Å². The van der Waals surface area contributed by atoms with Gasteiger partial charge in [0.15, 0.2) is 11.4 Å². The molecular weight excluding hydrogens is 769 g/mol. The van der Waals surface area contributed by atoms with Gasteiger partial charge in [0.05, 0.1) is 21.8 Å². The van der Waals surface area contributed by atoms with Crippen molar-refractivity contribution in [3.63, 3.8) is 0 Å². The second-order valence-corrected chi connectivity index (χ2v) is 13.1. The Hall–Kier alpha value is -8.26. The molecule has 298 valence electrons. The van der Waals surface area contributed by atoms with Crippen LogP contribution in [0.2, 0.25) is 0 Å². The minimum absolute atomic E-state index is 0.0432. The maximum atomic E-state index is 13.7. The van der Waals surface area contributed by atoms with E-state index in [2.05, 4.69) is 10.3 Å². The number of nitrogens with zero attached hydrogens (tertiary/aromatic N) is 4. The molecule has 6 aromatic rings. The Bertz CT molecular complexity index is 2630. The number of nitro groups is 2. The Morgan fingerprint density at radius 3 is 1.47 bits per heavy atom. The highest BCUT2D eigenvalue weighted by molar-refractivity contribution is 6.52. The summed E-state index contributed by atoms with van der Waals surface area (Å²) >= 11 is 0. The molecule has 0 fully saturated rings. The maximum absolute atomic E-state index is 13.7. The van der Waals surface area contributed by atoms with Crippen LogP contribution in [0.15, 0.2) is 162 Å². The molecule has 0 heterocycles. The van der Waals surface area contributed by atoms with Crippen LogP contribution in [0.3, 0.4) is 0 Å². The summed E-state index contributed by atoms with van der Waals surface area (Å²) in [5.41, 5.74) is 3.47. The Labute approximate surface area is 342 Å². The molecular formula is C46H34N4O10. The number of benzene rings is 6. The molecule has 14 heteroatoms. The summed E-state index contributed by atoms with van der Waals surface area (Å²) in [6.07, 6.45) is -0.0847. The van der Waals surface area contributed by atoms with Crippen molar-refractivity contribution in [3.05, 3.63) is 200 Å². The average Bonchev–Trinajstić information content (AvgIpc) is 3.29. The van der Waals surface area contributed by atoms with Crippen molar-refractivity contribution in [2.24, 2.45) is 10.3 Å². The molecule has 0 saturated heterocycles. The van der Waals surface area contributed by atoms with Crippen molar-refractivity contribution >= 4 is 46.3 Å². The summed E-state index contributed by atoms with van der Waals surface area (Å²) in [6, 6.07) is 40.1. The smallest absolute Gasteiger partial charge is 0.318 e. The largest absolute Gasteiger partial charge is 0.335 e. The minimum atomic E-state index is -0.778. The Morgan fingerprint density at radius 1 is 0.533 bits per heavy atom. The Kier molecular flexibility index (Phi) is 13.3. The fraction of sp³-hybridized carbons (Fsp3) is 0.0870. The summed E-state index contributed by atoms with van der Waals surface area (Å²) < 4.78 is 0. The fourth-order valence-electron chi connectivity index (χ4n) is 5.98. The van der Waals surface area contributed by atoms with Crippen molar-refractivity contribution in [3.8, 4) is 22.3 Å². The van der Waals surface area contributed by atoms with Crippen LogP contribution in [0.25, 0.3) is 22.3 Å². The molecule has 6 aromatic carbocycles. The van der Waals surface area contributed by atoms with Gasteiger partial charge in [0.25, 0.3) is 11.4 Å². The van der Waals surface area contributed by atoms with Gasteiger partial charge in [-0.25, -0.2) is 9.59 Å². The van der Waals surface area contributed by atoms with Crippen LogP contribution >= 0.6 is 0 Å². The lowest BCUT2D eigenvalue weighted by molar-refractivity contribution is -0.384. The SMILES string of the molecule is CCC(=O)O/N=C(\C(=O)c1ccc(-c2ccc(CCC(=O)O/N=C(\C(=O)c3ccc(-c4ccc([N+](=O)[O-])cc4)cc3)c3ccccc3)cc2[N+](=O)[O-])cc1)c1ccccc1. The van der Waals surface area contributed by atoms with Crippen molar-refractivity contribution in [1.82, 2.24) is 0 Å². The van der Waals surface area contributed by atoms with Crippen molar-refractivity contribution in [2.45, 2.75) is 26.2 Å². The molecule has 0 spiro atoms. The van der Waals surface area contributed by atoms with Gasteiger partial charge < -0.3 is 9.68 Å². The lowest BCUT2D eigenvalue weighted by atomic mass is 9.96. The monoisotopic (exact) mass is 802 g/mol. The van der Waals surface area contributed by atoms with Gasteiger partial charge >= 0.3 is 11.9 Å². The van der Waals surface area contributed by atoms with Gasteiger partial charge in [-0.1, -0.05) is 132 Å². The summed E-state index contributed by atoms with van der Waals surface area (Å²) in [7, 11) is 0. The standard InChI is InChI=1S/C46H34N4O10/c1-2-41(51)59-47-43(34-9-5-3-6-10-34)46(54)37-21-17-33(18-22-37)39-27-13-30(29-40(39)50(57)58)14-28-42(52)60-48-44(35-11-7-4-8-12-35)45(53)36-19-15-31(16-20-36)32-23-25-38(26-24-32)49(55)56/h3-13,15-27,29H,2,14,28H2,1H3/b47-43-,48-44-. The fourth-order valence-corrected chi connectivity index (χ4v) is 5.98. The van der Waals surface area contributed by atoms with Gasteiger partial charge in [-0.15, -0.1) is 0 Å². The predicted octanol–water partition coefficient (Wildman–Crippen LogP) is 9.14. The zero-order chi connectivity index (χ0) is 42.6. The second kappa shape index (κ2) is 19.3. The number of oxime groups is 2. The van der Waals surface area contributed by atoms with Gasteiger partial charge in [0.1, 0.15) is 0 Å². The number of carbonyl (C=O) groups is 4. The highest BCUT2D eigenvalue weighted by atomic mass is 16.7. The lowest BCUT2D eigenvalue weighted by Crippen LogP contribution is -2.17. The molecule has 0 amide bonds. The molecule has 0 N–H and O–H groups in total. The van der Waals surface area contributed by atoms with Gasteiger partial charge in [0, 0.05) is 46.9 Å². The topological polar surface area (TPSA) is 198 Å². The van der Waals surface area contributed by atoms with E-state index < -0.39 is 33.4 Å². The van der Waals surface area contributed by atoms with E-state index >= 15 is 0 Å². The normalized spacial score (nSPS) is 11.3. The number of ketones is 2. The number of aryl methyl sites for hydroxylation is 1. The number of Topliss-reactive ketones (excluding diaryl/α,β-unsaturated/α-hetero) is 2. The predicted molar refractivity (Wildman–Crippen MR) is 222 cm³/mol. The highest BCUT2D eigenvalue weighted by Gasteiger charge is 2.22. The van der Waals surface area contributed by atoms with E-state index in [-0.39, 0.29) is 58.8 Å². The molecule has 0 saturated carbocycles. The number of hydrogen-bond donors (Lipinski definition) is 0. The van der Waals surface area contributed by atoms with Gasteiger partial charge in [-0.3, -0.25) is 29.8 Å². The zero-order valence-corrected chi connectivity index (χ0v) is 31.9. The molecule has 0 aliphatic rings. The molecule has 0 aromatic heterocycles. The first-order chi connectivity index (χ1) is 29.0. The van der Waals surface area contributed by atoms with Gasteiger partial charge in [0.2, 0.25) is 11.6 Å². The van der Waals surface area contributed by atoms with E-state index in [0.29, 0.717) is 27.8 Å². The van der Waals surface area contributed by atoms with Crippen LogP contribution in [0.5, 0.6) is 0 Å². The van der Waals surface area contributed by atoms with Crippen LogP contribution < -0.4 is 0 Å². The average molecular weight is 803 g/mol. The van der Waals surface area contributed by atoms with Crippen LogP contribution in [0.4, 0.5) is 11.4 Å². The van der Waals surface area contributed by atoms with Crippen molar-refractivity contribution < 1.29 is 38.7 Å². The number of carbonyl (C=O) groups excluding carboxylic acids is 4. The number of hydrogen-bond acceptors (Lipinski definition) is 12. The first kappa shape index (κ1) is 41.4. The number of nitro benzene ring substituents is 2. The molecule has 14 nitrogen and oxygen atoms in total. The summed E-state index contributed by atoms with van der Waals surface area (Å²) in [5.74, 6) is -2.43. The van der Waals surface area contributed by atoms with E-state index in [1.54, 1.807) is 128 Å².